The van der Waals surface area contributed by atoms with Crippen molar-refractivity contribution in [3.8, 4) is 0 Å². The molecular formula is C12H13NO2. The number of carbonyl (C=O) groups is 1. The Morgan fingerprint density at radius 2 is 2.20 bits per heavy atom. The van der Waals surface area contributed by atoms with Gasteiger partial charge in [-0.2, -0.15) is 0 Å². The van der Waals surface area contributed by atoms with Gasteiger partial charge in [0.15, 0.2) is 5.54 Å². The summed E-state index contributed by atoms with van der Waals surface area (Å²) in [5.74, 6) is -0.291. The first-order chi connectivity index (χ1) is 7.15. The molecule has 0 aliphatic carbocycles. The summed E-state index contributed by atoms with van der Waals surface area (Å²) in [4.78, 5) is 16.1. The van der Waals surface area contributed by atoms with Crippen molar-refractivity contribution in [1.29, 1.82) is 0 Å². The van der Waals surface area contributed by atoms with Crippen LogP contribution in [0, 0.1) is 0 Å². The minimum absolute atomic E-state index is 0.291. The molecule has 0 amide bonds. The lowest BCUT2D eigenvalue weighted by molar-refractivity contribution is -0.146. The van der Waals surface area contributed by atoms with Gasteiger partial charge < -0.3 is 4.74 Å². The number of para-hydroxylation sites is 1. The highest BCUT2D eigenvalue weighted by atomic mass is 16.5. The first-order valence-corrected chi connectivity index (χ1v) is 5.01. The molecule has 1 aromatic carbocycles. The molecule has 1 aliphatic heterocycles. The van der Waals surface area contributed by atoms with Crippen LogP contribution in [0.15, 0.2) is 29.3 Å². The van der Waals surface area contributed by atoms with E-state index in [1.807, 2.05) is 30.3 Å². The molecule has 0 spiro atoms. The maximum Gasteiger partial charge on any atom is 0.337 e. The van der Waals surface area contributed by atoms with Crippen molar-refractivity contribution in [3.05, 3.63) is 34.8 Å². The van der Waals surface area contributed by atoms with E-state index in [1.54, 1.807) is 13.8 Å². The lowest BCUT2D eigenvalue weighted by atomic mass is 10.0. The molecule has 1 aliphatic rings. The van der Waals surface area contributed by atoms with Crippen LogP contribution in [0.5, 0.6) is 0 Å². The second-order valence-electron chi connectivity index (χ2n) is 3.68. The van der Waals surface area contributed by atoms with Crippen molar-refractivity contribution in [2.75, 3.05) is 6.61 Å². The number of fused-ring (bicyclic) bond motifs is 1. The number of hydrogen-bond donors (Lipinski definition) is 0. The van der Waals surface area contributed by atoms with Crippen molar-refractivity contribution >= 4 is 12.0 Å². The standard InChI is InChI=1S/C12H13NO2/c1-3-15-11(14)12(2)8-9-6-4-5-7-10(9)13-12/h4-8H,3H2,1-2H3. The van der Waals surface area contributed by atoms with Crippen LogP contribution >= 0.6 is 0 Å². The first-order valence-electron chi connectivity index (χ1n) is 5.01. The maximum absolute atomic E-state index is 11.7. The zero-order valence-electron chi connectivity index (χ0n) is 8.86. The summed E-state index contributed by atoms with van der Waals surface area (Å²) in [7, 11) is 0. The third-order valence-corrected chi connectivity index (χ3v) is 2.41. The van der Waals surface area contributed by atoms with Gasteiger partial charge in [0, 0.05) is 0 Å². The number of hydrogen-bond acceptors (Lipinski definition) is 3. The van der Waals surface area contributed by atoms with E-state index >= 15 is 0 Å². The second kappa shape index (κ2) is 3.50. The number of esters is 1. The van der Waals surface area contributed by atoms with Gasteiger partial charge in [-0.3, -0.25) is 4.99 Å². The minimum Gasteiger partial charge on any atom is -0.464 e. The van der Waals surface area contributed by atoms with Gasteiger partial charge in [-0.1, -0.05) is 18.2 Å². The Labute approximate surface area is 88.1 Å². The van der Waals surface area contributed by atoms with Gasteiger partial charge in [0.2, 0.25) is 0 Å². The molecule has 0 bridgehead atoms. The van der Waals surface area contributed by atoms with Crippen LogP contribution < -0.4 is 10.6 Å². The Balaban J connectivity index is 2.45. The SMILES string of the molecule is CCOC(=O)C1(C)C=c2ccccc2=N1. The van der Waals surface area contributed by atoms with Crippen molar-refractivity contribution in [2.45, 2.75) is 19.4 Å². The Hall–Kier alpha value is -1.64. The molecule has 15 heavy (non-hydrogen) atoms. The Morgan fingerprint density at radius 1 is 1.47 bits per heavy atom. The predicted molar refractivity (Wildman–Crippen MR) is 56.7 cm³/mol. The Kier molecular flexibility index (Phi) is 2.31. The molecular weight excluding hydrogens is 190 g/mol. The van der Waals surface area contributed by atoms with E-state index in [4.69, 9.17) is 4.74 Å². The monoisotopic (exact) mass is 203 g/mol. The van der Waals surface area contributed by atoms with Crippen molar-refractivity contribution in [1.82, 2.24) is 0 Å². The molecule has 0 radical (unpaired) electrons. The molecule has 0 aromatic heterocycles. The highest BCUT2D eigenvalue weighted by molar-refractivity contribution is 5.89. The van der Waals surface area contributed by atoms with E-state index in [9.17, 15) is 4.79 Å². The third kappa shape index (κ3) is 1.65. The van der Waals surface area contributed by atoms with Gasteiger partial charge in [0.1, 0.15) is 0 Å². The van der Waals surface area contributed by atoms with Crippen molar-refractivity contribution in [3.63, 3.8) is 0 Å². The fraction of sp³-hybridized carbons (Fsp3) is 0.333. The average Bonchev–Trinajstić information content (AvgIpc) is 2.56. The highest BCUT2D eigenvalue weighted by Gasteiger charge is 2.33. The number of carbonyl (C=O) groups excluding carboxylic acids is 1. The minimum atomic E-state index is -0.848. The average molecular weight is 203 g/mol. The normalized spacial score (nSPS) is 22.5. The summed E-state index contributed by atoms with van der Waals surface area (Å²) >= 11 is 0. The molecule has 1 heterocycles. The predicted octanol–water partition coefficient (Wildman–Crippen LogP) is 0.422. The van der Waals surface area contributed by atoms with Gasteiger partial charge >= 0.3 is 5.97 Å². The van der Waals surface area contributed by atoms with Gasteiger partial charge in [-0.15, -0.1) is 0 Å². The smallest absolute Gasteiger partial charge is 0.337 e. The summed E-state index contributed by atoms with van der Waals surface area (Å²) in [6, 6.07) is 7.69. The van der Waals surface area contributed by atoms with E-state index in [-0.39, 0.29) is 5.97 Å². The van der Waals surface area contributed by atoms with Gasteiger partial charge in [0.25, 0.3) is 0 Å². The molecule has 1 unspecified atom stereocenters. The van der Waals surface area contributed by atoms with Crippen LogP contribution in [0.4, 0.5) is 0 Å². The third-order valence-electron chi connectivity index (χ3n) is 2.41. The maximum atomic E-state index is 11.7. The van der Waals surface area contributed by atoms with E-state index in [2.05, 4.69) is 4.99 Å². The molecule has 3 heteroatoms. The second-order valence-corrected chi connectivity index (χ2v) is 3.68. The first kappa shape index (κ1) is 9.90. The van der Waals surface area contributed by atoms with E-state index in [1.165, 1.54) is 0 Å². The number of nitrogens with zero attached hydrogens (tertiary/aromatic N) is 1. The van der Waals surface area contributed by atoms with Crippen LogP contribution in [0.25, 0.3) is 6.08 Å². The molecule has 0 saturated heterocycles. The van der Waals surface area contributed by atoms with Crippen LogP contribution in [0.3, 0.4) is 0 Å². The Morgan fingerprint density at radius 3 is 2.87 bits per heavy atom. The van der Waals surface area contributed by atoms with Gasteiger partial charge in [0.05, 0.1) is 12.0 Å². The van der Waals surface area contributed by atoms with Crippen LogP contribution in [0.2, 0.25) is 0 Å². The van der Waals surface area contributed by atoms with Gasteiger partial charge in [-0.05, 0) is 31.2 Å². The topological polar surface area (TPSA) is 38.7 Å². The molecule has 3 nitrogen and oxygen atoms in total. The number of rotatable bonds is 2. The fourth-order valence-corrected chi connectivity index (χ4v) is 1.68. The fourth-order valence-electron chi connectivity index (χ4n) is 1.68. The molecule has 1 atom stereocenters. The number of ether oxygens (including phenoxy) is 1. The molecule has 0 saturated carbocycles. The summed E-state index contributed by atoms with van der Waals surface area (Å²) in [6.45, 7) is 3.95. The van der Waals surface area contributed by atoms with E-state index in [0.29, 0.717) is 6.61 Å². The molecule has 2 rings (SSSR count). The van der Waals surface area contributed by atoms with Crippen LogP contribution in [0.1, 0.15) is 13.8 Å². The largest absolute Gasteiger partial charge is 0.464 e. The molecule has 0 fully saturated rings. The Bertz CT molecular complexity index is 470. The summed E-state index contributed by atoms with van der Waals surface area (Å²) in [6.07, 6.45) is 1.85. The highest BCUT2D eigenvalue weighted by Crippen LogP contribution is 2.15. The summed E-state index contributed by atoms with van der Waals surface area (Å²) < 4.78 is 5.00. The summed E-state index contributed by atoms with van der Waals surface area (Å²) in [5, 5.41) is 1.85. The molecule has 0 N–H and O–H groups in total. The van der Waals surface area contributed by atoms with Crippen molar-refractivity contribution < 1.29 is 9.53 Å². The number of benzene rings is 1. The zero-order chi connectivity index (χ0) is 10.9. The van der Waals surface area contributed by atoms with Crippen molar-refractivity contribution in [2.24, 2.45) is 4.99 Å². The van der Waals surface area contributed by atoms with Crippen LogP contribution in [-0.2, 0) is 9.53 Å². The zero-order valence-corrected chi connectivity index (χ0v) is 8.86. The summed E-state index contributed by atoms with van der Waals surface area (Å²) in [5.41, 5.74) is -0.848. The lowest BCUT2D eigenvalue weighted by Gasteiger charge is -2.15. The lowest BCUT2D eigenvalue weighted by Crippen LogP contribution is -2.31. The van der Waals surface area contributed by atoms with Crippen LogP contribution in [-0.4, -0.2) is 18.1 Å². The van der Waals surface area contributed by atoms with E-state index < -0.39 is 5.54 Å². The van der Waals surface area contributed by atoms with E-state index in [0.717, 1.165) is 10.6 Å². The molecule has 1 aromatic rings. The molecule has 78 valence electrons. The van der Waals surface area contributed by atoms with Gasteiger partial charge in [-0.25, -0.2) is 4.79 Å². The quantitative estimate of drug-likeness (QED) is 0.653.